The molecule has 0 fully saturated rings. The molecule has 0 N–H and O–H groups in total. The van der Waals surface area contributed by atoms with Crippen molar-refractivity contribution in [1.29, 1.82) is 0 Å². The van der Waals surface area contributed by atoms with E-state index in [0.29, 0.717) is 5.82 Å². The molecule has 0 aliphatic rings. The van der Waals surface area contributed by atoms with E-state index in [1.807, 2.05) is 48.5 Å². The number of furan rings is 1. The number of imidazole rings is 1. The molecule has 48 heavy (non-hydrogen) atoms. The Bertz CT molecular complexity index is 2830. The minimum atomic E-state index is 0.675. The summed E-state index contributed by atoms with van der Waals surface area (Å²) >= 11 is 0. The van der Waals surface area contributed by atoms with E-state index in [9.17, 15) is 0 Å². The Hall–Kier alpha value is -6.59. The smallest absolute Gasteiger partial charge is 0.160 e. The highest BCUT2D eigenvalue weighted by Crippen LogP contribution is 2.36. The maximum absolute atomic E-state index is 6.25. The van der Waals surface area contributed by atoms with Crippen LogP contribution in [0, 0.1) is 0 Å². The SMILES string of the molecule is c1ccc(-c2nc(-c3ccc4c(c3)cc(-c3ccccc3)c3nc5ccccc5n34)cc(-c3ccc4c(c3)oc3ccccc34)n2)cc1. The molecule has 0 saturated heterocycles. The third-order valence-corrected chi connectivity index (χ3v) is 9.18. The van der Waals surface area contributed by atoms with Crippen molar-refractivity contribution in [1.82, 2.24) is 19.4 Å². The van der Waals surface area contributed by atoms with E-state index in [1.165, 1.54) is 0 Å². The third kappa shape index (κ3) is 4.22. The normalized spacial score (nSPS) is 11.8. The highest BCUT2D eigenvalue weighted by atomic mass is 16.3. The predicted molar refractivity (Wildman–Crippen MR) is 195 cm³/mol. The number of aromatic nitrogens is 4. The summed E-state index contributed by atoms with van der Waals surface area (Å²) in [6.07, 6.45) is 0. The molecule has 0 bridgehead atoms. The van der Waals surface area contributed by atoms with Crippen molar-refractivity contribution in [2.75, 3.05) is 0 Å². The zero-order valence-corrected chi connectivity index (χ0v) is 25.7. The fraction of sp³-hybridized carbons (Fsp3) is 0. The maximum atomic E-state index is 6.25. The summed E-state index contributed by atoms with van der Waals surface area (Å²) < 4.78 is 8.53. The molecular weight excluding hydrogens is 589 g/mol. The Morgan fingerprint density at radius 2 is 1.10 bits per heavy atom. The Kier molecular flexibility index (Phi) is 5.81. The largest absolute Gasteiger partial charge is 0.456 e. The van der Waals surface area contributed by atoms with Crippen LogP contribution in [0.4, 0.5) is 0 Å². The molecule has 6 aromatic carbocycles. The van der Waals surface area contributed by atoms with E-state index in [2.05, 4.69) is 114 Å². The van der Waals surface area contributed by atoms with Crippen LogP contribution in [0.3, 0.4) is 0 Å². The highest BCUT2D eigenvalue weighted by Gasteiger charge is 2.17. The highest BCUT2D eigenvalue weighted by molar-refractivity contribution is 6.06. The van der Waals surface area contributed by atoms with E-state index in [0.717, 1.165) is 88.7 Å². The van der Waals surface area contributed by atoms with Gasteiger partial charge in [0.2, 0.25) is 0 Å². The van der Waals surface area contributed by atoms with Gasteiger partial charge in [-0.2, -0.15) is 0 Å². The summed E-state index contributed by atoms with van der Waals surface area (Å²) in [6, 6.07) is 54.4. The standard InChI is InChI=1S/C43H26N4O/c1-3-11-27(12-4-1)34-24-31-23-29(20-22-38(31)47-39-17-9-8-16-35(39)46-43(34)47)36-26-37(45-42(44-36)28-13-5-2-6-14-28)30-19-21-33-32-15-7-10-18-40(32)48-41(33)25-30/h1-26H. The molecule has 0 aliphatic carbocycles. The number of benzene rings is 6. The Labute approximate surface area is 275 Å². The molecule has 224 valence electrons. The van der Waals surface area contributed by atoms with Crippen molar-refractivity contribution >= 4 is 49.5 Å². The number of hydrogen-bond acceptors (Lipinski definition) is 4. The van der Waals surface area contributed by atoms with E-state index in [1.54, 1.807) is 0 Å². The topological polar surface area (TPSA) is 56.2 Å². The second-order valence-corrected chi connectivity index (χ2v) is 12.1. The summed E-state index contributed by atoms with van der Waals surface area (Å²) in [4.78, 5) is 15.3. The van der Waals surface area contributed by atoms with E-state index >= 15 is 0 Å². The van der Waals surface area contributed by atoms with E-state index in [-0.39, 0.29) is 0 Å². The quantitative estimate of drug-likeness (QED) is 0.198. The van der Waals surface area contributed by atoms with Crippen molar-refractivity contribution in [3.8, 4) is 45.0 Å². The summed E-state index contributed by atoms with van der Waals surface area (Å²) in [7, 11) is 0. The van der Waals surface area contributed by atoms with Crippen LogP contribution < -0.4 is 0 Å². The molecule has 0 saturated carbocycles. The van der Waals surface area contributed by atoms with Crippen LogP contribution in [-0.4, -0.2) is 19.4 Å². The van der Waals surface area contributed by atoms with Gasteiger partial charge in [-0.05, 0) is 65.5 Å². The number of fused-ring (bicyclic) bond motifs is 8. The van der Waals surface area contributed by atoms with Crippen LogP contribution in [0.25, 0.3) is 94.6 Å². The lowest BCUT2D eigenvalue weighted by atomic mass is 10.0. The molecule has 5 nitrogen and oxygen atoms in total. The van der Waals surface area contributed by atoms with Gasteiger partial charge in [0.25, 0.3) is 0 Å². The zero-order valence-electron chi connectivity index (χ0n) is 25.7. The van der Waals surface area contributed by atoms with Crippen LogP contribution >= 0.6 is 0 Å². The minimum Gasteiger partial charge on any atom is -0.456 e. The molecule has 0 atom stereocenters. The van der Waals surface area contributed by atoms with Crippen LogP contribution in [0.15, 0.2) is 162 Å². The van der Waals surface area contributed by atoms with Gasteiger partial charge in [-0.15, -0.1) is 0 Å². The van der Waals surface area contributed by atoms with Crippen molar-refractivity contribution in [3.05, 3.63) is 158 Å². The first-order valence-electron chi connectivity index (χ1n) is 16.0. The Balaban J connectivity index is 1.20. The second kappa shape index (κ2) is 10.5. The molecule has 0 radical (unpaired) electrons. The average molecular weight is 615 g/mol. The number of nitrogens with zero attached hydrogens (tertiary/aromatic N) is 4. The Morgan fingerprint density at radius 3 is 1.94 bits per heavy atom. The monoisotopic (exact) mass is 614 g/mol. The van der Waals surface area contributed by atoms with Crippen molar-refractivity contribution in [3.63, 3.8) is 0 Å². The van der Waals surface area contributed by atoms with Gasteiger partial charge in [0.05, 0.1) is 27.9 Å². The number of pyridine rings is 1. The van der Waals surface area contributed by atoms with Gasteiger partial charge < -0.3 is 4.42 Å². The van der Waals surface area contributed by atoms with Gasteiger partial charge in [0.15, 0.2) is 5.82 Å². The lowest BCUT2D eigenvalue weighted by molar-refractivity contribution is 0.669. The van der Waals surface area contributed by atoms with Crippen LogP contribution in [0.5, 0.6) is 0 Å². The van der Waals surface area contributed by atoms with Gasteiger partial charge in [-0.3, -0.25) is 4.40 Å². The summed E-state index contributed by atoms with van der Waals surface area (Å²) in [5, 5.41) is 3.30. The summed E-state index contributed by atoms with van der Waals surface area (Å²) in [5.74, 6) is 0.675. The zero-order chi connectivity index (χ0) is 31.6. The van der Waals surface area contributed by atoms with E-state index in [4.69, 9.17) is 19.4 Å². The predicted octanol–water partition coefficient (Wildman–Crippen LogP) is 11.0. The molecular formula is C43H26N4O. The van der Waals surface area contributed by atoms with Gasteiger partial charge >= 0.3 is 0 Å². The van der Waals surface area contributed by atoms with E-state index < -0.39 is 0 Å². The maximum Gasteiger partial charge on any atom is 0.160 e. The lowest BCUT2D eigenvalue weighted by Crippen LogP contribution is -1.97. The van der Waals surface area contributed by atoms with Crippen molar-refractivity contribution in [2.45, 2.75) is 0 Å². The van der Waals surface area contributed by atoms with Gasteiger partial charge in [-0.25, -0.2) is 15.0 Å². The first kappa shape index (κ1) is 26.6. The summed E-state index contributed by atoms with van der Waals surface area (Å²) in [6.45, 7) is 0. The molecule has 10 rings (SSSR count). The minimum absolute atomic E-state index is 0.675. The number of hydrogen-bond donors (Lipinski definition) is 0. The third-order valence-electron chi connectivity index (χ3n) is 9.18. The van der Waals surface area contributed by atoms with Gasteiger partial charge in [0.1, 0.15) is 16.8 Å². The van der Waals surface area contributed by atoms with Crippen LogP contribution in [-0.2, 0) is 0 Å². The molecule has 5 heteroatoms. The number of rotatable bonds is 4. The van der Waals surface area contributed by atoms with Crippen LogP contribution in [0.1, 0.15) is 0 Å². The average Bonchev–Trinajstić information content (AvgIpc) is 3.73. The van der Waals surface area contributed by atoms with Crippen LogP contribution in [0.2, 0.25) is 0 Å². The fourth-order valence-corrected chi connectivity index (χ4v) is 6.88. The van der Waals surface area contributed by atoms with Gasteiger partial charge in [-0.1, -0.05) is 103 Å². The fourth-order valence-electron chi connectivity index (χ4n) is 6.88. The molecule has 0 unspecified atom stereocenters. The lowest BCUT2D eigenvalue weighted by Gasteiger charge is -2.12. The molecule has 0 spiro atoms. The second-order valence-electron chi connectivity index (χ2n) is 12.1. The molecule has 0 aliphatic heterocycles. The first-order valence-corrected chi connectivity index (χ1v) is 16.0. The molecule has 4 heterocycles. The van der Waals surface area contributed by atoms with Crippen molar-refractivity contribution < 1.29 is 4.42 Å². The summed E-state index contributed by atoms with van der Waals surface area (Å²) in [5.41, 5.74) is 12.7. The van der Waals surface area contributed by atoms with Gasteiger partial charge in [0, 0.05) is 33.0 Å². The molecule has 10 aromatic rings. The first-order chi connectivity index (χ1) is 23.8. The number of para-hydroxylation sites is 3. The Morgan fingerprint density at radius 1 is 0.438 bits per heavy atom. The molecule has 0 amide bonds. The molecule has 4 aromatic heterocycles. The van der Waals surface area contributed by atoms with Crippen molar-refractivity contribution in [2.24, 2.45) is 0 Å².